The van der Waals surface area contributed by atoms with Crippen molar-refractivity contribution in [3.8, 4) is 5.75 Å². The zero-order valence-electron chi connectivity index (χ0n) is 15.3. The molecule has 3 aromatic carbocycles. The number of nitrogens with one attached hydrogen (secondary N) is 1. The number of benzene rings is 3. The molecule has 6 nitrogen and oxygen atoms in total. The number of carbonyl (C=O) groups is 1. The lowest BCUT2D eigenvalue weighted by Gasteiger charge is -2.24. The first-order valence-electron chi connectivity index (χ1n) is 8.57. The molecule has 3 rings (SSSR count). The van der Waals surface area contributed by atoms with Crippen LogP contribution in [0, 0.1) is 0 Å². The molecule has 0 radical (unpaired) electrons. The lowest BCUT2D eigenvalue weighted by molar-refractivity contribution is -0.114. The van der Waals surface area contributed by atoms with Crippen molar-refractivity contribution < 1.29 is 17.9 Å². The maximum Gasteiger partial charge on any atom is 0.264 e. The summed E-state index contributed by atoms with van der Waals surface area (Å²) in [6.45, 7) is -0.354. The SMILES string of the molecule is COc1ccc(S(=O)(=O)N(CC(=O)Nc2ccccc2)c2ccccc2)cc1. The highest BCUT2D eigenvalue weighted by atomic mass is 32.2. The third-order valence-electron chi connectivity index (χ3n) is 4.04. The van der Waals surface area contributed by atoms with E-state index in [1.165, 1.54) is 19.2 Å². The molecule has 0 spiro atoms. The summed E-state index contributed by atoms with van der Waals surface area (Å²) < 4.78 is 32.6. The normalized spacial score (nSPS) is 10.9. The Bertz CT molecular complexity index is 1020. The number of sulfonamides is 1. The van der Waals surface area contributed by atoms with Gasteiger partial charge in [0.1, 0.15) is 12.3 Å². The number of hydrogen-bond acceptors (Lipinski definition) is 4. The second kappa shape index (κ2) is 8.58. The quantitative estimate of drug-likeness (QED) is 0.663. The standard InChI is InChI=1S/C21H20N2O4S/c1-27-19-12-14-20(15-13-19)28(25,26)23(18-10-6-3-7-11-18)16-21(24)22-17-8-4-2-5-9-17/h2-15H,16H2,1H3,(H,22,24). The van der Waals surface area contributed by atoms with Crippen LogP contribution in [-0.4, -0.2) is 28.0 Å². The Hall–Kier alpha value is -3.32. The molecular formula is C21H20N2O4S. The van der Waals surface area contributed by atoms with Crippen LogP contribution in [0.25, 0.3) is 0 Å². The lowest BCUT2D eigenvalue weighted by Crippen LogP contribution is -2.38. The Morgan fingerprint density at radius 2 is 1.46 bits per heavy atom. The third kappa shape index (κ3) is 4.50. The summed E-state index contributed by atoms with van der Waals surface area (Å²) in [4.78, 5) is 12.6. The number of anilines is 2. The van der Waals surface area contributed by atoms with Crippen LogP contribution in [0.3, 0.4) is 0 Å². The molecule has 0 aliphatic heterocycles. The molecular weight excluding hydrogens is 376 g/mol. The molecule has 0 atom stereocenters. The average molecular weight is 396 g/mol. The van der Waals surface area contributed by atoms with Gasteiger partial charge < -0.3 is 10.1 Å². The number of para-hydroxylation sites is 2. The summed E-state index contributed by atoms with van der Waals surface area (Å²) in [6, 6.07) is 23.5. The second-order valence-electron chi connectivity index (χ2n) is 5.94. The Morgan fingerprint density at radius 1 is 0.893 bits per heavy atom. The van der Waals surface area contributed by atoms with Gasteiger partial charge in [0.25, 0.3) is 10.0 Å². The molecule has 0 aliphatic rings. The first kappa shape index (κ1) is 19.4. The van der Waals surface area contributed by atoms with Crippen LogP contribution in [0.1, 0.15) is 0 Å². The molecule has 0 fully saturated rings. The van der Waals surface area contributed by atoms with Crippen LogP contribution < -0.4 is 14.4 Å². The summed E-state index contributed by atoms with van der Waals surface area (Å²) in [7, 11) is -2.44. The summed E-state index contributed by atoms with van der Waals surface area (Å²) in [5, 5.41) is 2.72. The van der Waals surface area contributed by atoms with Crippen molar-refractivity contribution in [3.05, 3.63) is 84.9 Å². The maximum absolute atomic E-state index is 13.2. The smallest absolute Gasteiger partial charge is 0.264 e. The number of methoxy groups -OCH3 is 1. The minimum absolute atomic E-state index is 0.0738. The van der Waals surface area contributed by atoms with Gasteiger partial charge in [-0.15, -0.1) is 0 Å². The number of carbonyl (C=O) groups excluding carboxylic acids is 1. The fraction of sp³-hybridized carbons (Fsp3) is 0.0952. The van der Waals surface area contributed by atoms with Gasteiger partial charge in [-0.25, -0.2) is 8.42 Å². The van der Waals surface area contributed by atoms with E-state index in [0.29, 0.717) is 17.1 Å². The van der Waals surface area contributed by atoms with Gasteiger partial charge in [-0.05, 0) is 48.5 Å². The summed E-state index contributed by atoms with van der Waals surface area (Å²) >= 11 is 0. The predicted octanol–water partition coefficient (Wildman–Crippen LogP) is 3.53. The lowest BCUT2D eigenvalue weighted by atomic mass is 10.3. The summed E-state index contributed by atoms with van der Waals surface area (Å²) in [5.41, 5.74) is 1.00. The van der Waals surface area contributed by atoms with Gasteiger partial charge in [0, 0.05) is 5.69 Å². The zero-order chi connectivity index (χ0) is 20.0. The van der Waals surface area contributed by atoms with Gasteiger partial charge in [-0.1, -0.05) is 36.4 Å². The molecule has 1 amide bonds. The van der Waals surface area contributed by atoms with Gasteiger partial charge in [-0.3, -0.25) is 9.10 Å². The monoisotopic (exact) mass is 396 g/mol. The van der Waals surface area contributed by atoms with E-state index < -0.39 is 15.9 Å². The van der Waals surface area contributed by atoms with Crippen molar-refractivity contribution in [2.24, 2.45) is 0 Å². The maximum atomic E-state index is 13.2. The number of ether oxygens (including phenoxy) is 1. The largest absolute Gasteiger partial charge is 0.497 e. The zero-order valence-corrected chi connectivity index (χ0v) is 16.1. The van der Waals surface area contributed by atoms with Gasteiger partial charge in [0.15, 0.2) is 0 Å². The Kier molecular flexibility index (Phi) is 5.96. The fourth-order valence-electron chi connectivity index (χ4n) is 2.64. The molecule has 28 heavy (non-hydrogen) atoms. The topological polar surface area (TPSA) is 75.7 Å². The minimum Gasteiger partial charge on any atom is -0.497 e. The molecule has 1 N–H and O–H groups in total. The van der Waals surface area contributed by atoms with E-state index in [0.717, 1.165) is 4.31 Å². The Balaban J connectivity index is 1.91. The molecule has 0 aliphatic carbocycles. The minimum atomic E-state index is -3.95. The van der Waals surface area contributed by atoms with Crippen molar-refractivity contribution in [1.82, 2.24) is 0 Å². The Morgan fingerprint density at radius 3 is 2.04 bits per heavy atom. The first-order chi connectivity index (χ1) is 13.5. The number of rotatable bonds is 7. The highest BCUT2D eigenvalue weighted by molar-refractivity contribution is 7.92. The van der Waals surface area contributed by atoms with E-state index >= 15 is 0 Å². The molecule has 0 saturated heterocycles. The van der Waals surface area contributed by atoms with E-state index in [1.54, 1.807) is 66.7 Å². The highest BCUT2D eigenvalue weighted by Gasteiger charge is 2.27. The molecule has 144 valence electrons. The fourth-order valence-corrected chi connectivity index (χ4v) is 4.06. The van der Waals surface area contributed by atoms with Gasteiger partial charge in [0.05, 0.1) is 17.7 Å². The van der Waals surface area contributed by atoms with Crippen molar-refractivity contribution in [2.75, 3.05) is 23.3 Å². The van der Waals surface area contributed by atoms with Gasteiger partial charge in [0.2, 0.25) is 5.91 Å². The van der Waals surface area contributed by atoms with Crippen LogP contribution in [0.15, 0.2) is 89.8 Å². The summed E-state index contributed by atoms with van der Waals surface area (Å²) in [5.74, 6) is 0.110. The molecule has 0 heterocycles. The van der Waals surface area contributed by atoms with Gasteiger partial charge >= 0.3 is 0 Å². The molecule has 0 unspecified atom stereocenters. The highest BCUT2D eigenvalue weighted by Crippen LogP contribution is 2.25. The molecule has 0 bridgehead atoms. The van der Waals surface area contributed by atoms with Crippen LogP contribution in [0.5, 0.6) is 5.75 Å². The number of nitrogens with zero attached hydrogens (tertiary/aromatic N) is 1. The third-order valence-corrected chi connectivity index (χ3v) is 5.82. The van der Waals surface area contributed by atoms with E-state index in [2.05, 4.69) is 5.32 Å². The number of hydrogen-bond donors (Lipinski definition) is 1. The van der Waals surface area contributed by atoms with Crippen LogP contribution in [-0.2, 0) is 14.8 Å². The van der Waals surface area contributed by atoms with Crippen LogP contribution in [0.4, 0.5) is 11.4 Å². The number of amides is 1. The van der Waals surface area contributed by atoms with E-state index in [4.69, 9.17) is 4.74 Å². The molecule has 0 saturated carbocycles. The first-order valence-corrected chi connectivity index (χ1v) is 10.0. The summed E-state index contributed by atoms with van der Waals surface area (Å²) in [6.07, 6.45) is 0. The second-order valence-corrected chi connectivity index (χ2v) is 7.80. The van der Waals surface area contributed by atoms with E-state index in [9.17, 15) is 13.2 Å². The molecule has 0 aromatic heterocycles. The Labute approximate surface area is 164 Å². The van der Waals surface area contributed by atoms with Crippen molar-refractivity contribution in [2.45, 2.75) is 4.90 Å². The van der Waals surface area contributed by atoms with Crippen LogP contribution >= 0.6 is 0 Å². The van der Waals surface area contributed by atoms with Crippen molar-refractivity contribution >= 4 is 27.3 Å². The predicted molar refractivity (Wildman–Crippen MR) is 109 cm³/mol. The van der Waals surface area contributed by atoms with E-state index in [-0.39, 0.29) is 11.4 Å². The van der Waals surface area contributed by atoms with Crippen molar-refractivity contribution in [3.63, 3.8) is 0 Å². The van der Waals surface area contributed by atoms with Gasteiger partial charge in [-0.2, -0.15) is 0 Å². The van der Waals surface area contributed by atoms with Crippen LogP contribution in [0.2, 0.25) is 0 Å². The van der Waals surface area contributed by atoms with E-state index in [1.807, 2.05) is 6.07 Å². The molecule has 3 aromatic rings. The van der Waals surface area contributed by atoms with Crippen molar-refractivity contribution in [1.29, 1.82) is 0 Å². The molecule has 7 heteroatoms. The average Bonchev–Trinajstić information content (AvgIpc) is 2.73.